The van der Waals surface area contributed by atoms with Gasteiger partial charge in [-0.1, -0.05) is 6.07 Å². The molecule has 1 atom stereocenters. The Hall–Kier alpha value is -1.06. The second-order valence-electron chi connectivity index (χ2n) is 5.39. The molecule has 1 aliphatic rings. The van der Waals surface area contributed by atoms with Gasteiger partial charge in [-0.25, -0.2) is 0 Å². The Balaban J connectivity index is 2.20. The number of piperazine rings is 1. The van der Waals surface area contributed by atoms with Crippen LogP contribution in [0.2, 0.25) is 0 Å². The molecule has 1 aromatic carbocycles. The average Bonchev–Trinajstić information content (AvgIpc) is 2.34. The SMILES string of the molecule is Cc1ccc(N2CCN(C)CC2CCO)cc1C. The van der Waals surface area contributed by atoms with Crippen molar-refractivity contribution in [2.45, 2.75) is 26.3 Å². The molecular formula is C15H24N2O. The van der Waals surface area contributed by atoms with Crippen molar-refractivity contribution in [1.82, 2.24) is 4.90 Å². The molecule has 2 rings (SSSR count). The van der Waals surface area contributed by atoms with E-state index in [1.165, 1.54) is 16.8 Å². The number of anilines is 1. The molecule has 0 aliphatic carbocycles. The molecule has 0 aromatic heterocycles. The van der Waals surface area contributed by atoms with Crippen LogP contribution in [0.5, 0.6) is 0 Å². The van der Waals surface area contributed by atoms with Gasteiger partial charge in [-0.05, 0) is 50.6 Å². The minimum absolute atomic E-state index is 0.264. The monoisotopic (exact) mass is 248 g/mol. The minimum Gasteiger partial charge on any atom is -0.396 e. The van der Waals surface area contributed by atoms with Crippen molar-refractivity contribution in [3.63, 3.8) is 0 Å². The highest BCUT2D eigenvalue weighted by atomic mass is 16.3. The summed E-state index contributed by atoms with van der Waals surface area (Å²) in [5.41, 5.74) is 3.98. The number of nitrogens with zero attached hydrogens (tertiary/aromatic N) is 2. The average molecular weight is 248 g/mol. The summed E-state index contributed by atoms with van der Waals surface area (Å²) >= 11 is 0. The van der Waals surface area contributed by atoms with Gasteiger partial charge in [0.15, 0.2) is 0 Å². The fraction of sp³-hybridized carbons (Fsp3) is 0.600. The van der Waals surface area contributed by atoms with Crippen LogP contribution in [0, 0.1) is 13.8 Å². The Morgan fingerprint density at radius 2 is 2.00 bits per heavy atom. The van der Waals surface area contributed by atoms with E-state index in [0.717, 1.165) is 26.1 Å². The maximum Gasteiger partial charge on any atom is 0.0451 e. The van der Waals surface area contributed by atoms with Crippen LogP contribution in [0.15, 0.2) is 18.2 Å². The smallest absolute Gasteiger partial charge is 0.0451 e. The zero-order valence-corrected chi connectivity index (χ0v) is 11.7. The maximum atomic E-state index is 9.22. The number of likely N-dealkylation sites (N-methyl/N-ethyl adjacent to an activating group) is 1. The van der Waals surface area contributed by atoms with Crippen LogP contribution in [0.25, 0.3) is 0 Å². The molecule has 0 amide bonds. The van der Waals surface area contributed by atoms with Crippen LogP contribution in [0.1, 0.15) is 17.5 Å². The predicted molar refractivity (Wildman–Crippen MR) is 76.2 cm³/mol. The third-order valence-electron chi connectivity index (χ3n) is 3.97. The lowest BCUT2D eigenvalue weighted by molar-refractivity contribution is 0.219. The maximum absolute atomic E-state index is 9.22. The molecule has 0 bridgehead atoms. The molecule has 1 aromatic rings. The zero-order valence-electron chi connectivity index (χ0n) is 11.7. The van der Waals surface area contributed by atoms with E-state index in [9.17, 15) is 5.11 Å². The molecule has 1 fully saturated rings. The van der Waals surface area contributed by atoms with Gasteiger partial charge in [-0.15, -0.1) is 0 Å². The first-order chi connectivity index (χ1) is 8.61. The molecule has 100 valence electrons. The molecule has 0 spiro atoms. The van der Waals surface area contributed by atoms with E-state index in [2.05, 4.69) is 48.9 Å². The van der Waals surface area contributed by atoms with Gasteiger partial charge < -0.3 is 14.9 Å². The first-order valence-electron chi connectivity index (χ1n) is 6.75. The van der Waals surface area contributed by atoms with Crippen molar-refractivity contribution >= 4 is 5.69 Å². The van der Waals surface area contributed by atoms with E-state index in [1.54, 1.807) is 0 Å². The molecule has 1 unspecified atom stereocenters. The molecule has 1 aliphatic heterocycles. The molecule has 3 nitrogen and oxygen atoms in total. The van der Waals surface area contributed by atoms with Gasteiger partial charge in [-0.2, -0.15) is 0 Å². The molecule has 18 heavy (non-hydrogen) atoms. The van der Waals surface area contributed by atoms with Crippen molar-refractivity contribution in [3.8, 4) is 0 Å². The van der Waals surface area contributed by atoms with E-state index in [4.69, 9.17) is 0 Å². The topological polar surface area (TPSA) is 26.7 Å². The van der Waals surface area contributed by atoms with Gasteiger partial charge in [0.2, 0.25) is 0 Å². The van der Waals surface area contributed by atoms with Crippen LogP contribution >= 0.6 is 0 Å². The summed E-state index contributed by atoms with van der Waals surface area (Å²) in [6.07, 6.45) is 0.845. The summed E-state index contributed by atoms with van der Waals surface area (Å²) in [5, 5.41) is 9.22. The second-order valence-corrected chi connectivity index (χ2v) is 5.39. The number of aliphatic hydroxyl groups excluding tert-OH is 1. The van der Waals surface area contributed by atoms with Gasteiger partial charge in [-0.3, -0.25) is 0 Å². The Labute approximate surface area is 110 Å². The van der Waals surface area contributed by atoms with E-state index in [-0.39, 0.29) is 6.61 Å². The predicted octanol–water partition coefficient (Wildman–Crippen LogP) is 1.81. The Morgan fingerprint density at radius 3 is 2.67 bits per heavy atom. The minimum atomic E-state index is 0.264. The molecule has 1 saturated heterocycles. The van der Waals surface area contributed by atoms with E-state index in [1.807, 2.05) is 0 Å². The van der Waals surface area contributed by atoms with Crippen molar-refractivity contribution in [3.05, 3.63) is 29.3 Å². The Kier molecular flexibility index (Phi) is 4.25. The molecule has 1 heterocycles. The highest BCUT2D eigenvalue weighted by Crippen LogP contribution is 2.24. The van der Waals surface area contributed by atoms with Crippen LogP contribution in [0.3, 0.4) is 0 Å². The van der Waals surface area contributed by atoms with Gasteiger partial charge >= 0.3 is 0 Å². The number of hydrogen-bond acceptors (Lipinski definition) is 3. The highest BCUT2D eigenvalue weighted by molar-refractivity contribution is 5.52. The highest BCUT2D eigenvalue weighted by Gasteiger charge is 2.24. The summed E-state index contributed by atoms with van der Waals surface area (Å²) in [6, 6.07) is 7.10. The normalized spacial score (nSPS) is 21.3. The number of aryl methyl sites for hydroxylation is 2. The molecular weight excluding hydrogens is 224 g/mol. The number of aliphatic hydroxyl groups is 1. The molecule has 0 saturated carbocycles. The standard InChI is InChI=1S/C15H24N2O/c1-12-4-5-14(10-13(12)2)17-8-7-16(3)11-15(17)6-9-18/h4-5,10,15,18H,6-9,11H2,1-3H3. The fourth-order valence-corrected chi connectivity index (χ4v) is 2.65. The number of benzene rings is 1. The summed E-state index contributed by atoms with van der Waals surface area (Å²) in [4.78, 5) is 4.79. The van der Waals surface area contributed by atoms with E-state index in [0.29, 0.717) is 6.04 Å². The third-order valence-corrected chi connectivity index (χ3v) is 3.97. The van der Waals surface area contributed by atoms with Gasteiger partial charge in [0.25, 0.3) is 0 Å². The summed E-state index contributed by atoms with van der Waals surface area (Å²) in [6.45, 7) is 7.75. The molecule has 3 heteroatoms. The van der Waals surface area contributed by atoms with Crippen LogP contribution in [0.4, 0.5) is 5.69 Å². The number of hydrogen-bond donors (Lipinski definition) is 1. The number of rotatable bonds is 3. The van der Waals surface area contributed by atoms with Crippen LogP contribution in [-0.2, 0) is 0 Å². The third kappa shape index (κ3) is 2.85. The van der Waals surface area contributed by atoms with Gasteiger partial charge in [0.05, 0.1) is 0 Å². The van der Waals surface area contributed by atoms with Gasteiger partial charge in [0, 0.05) is 38.0 Å². The van der Waals surface area contributed by atoms with Crippen molar-refractivity contribution in [2.24, 2.45) is 0 Å². The van der Waals surface area contributed by atoms with Crippen molar-refractivity contribution in [1.29, 1.82) is 0 Å². The van der Waals surface area contributed by atoms with Gasteiger partial charge in [0.1, 0.15) is 0 Å². The lowest BCUT2D eigenvalue weighted by atomic mass is 10.0. The quantitative estimate of drug-likeness (QED) is 0.883. The van der Waals surface area contributed by atoms with Crippen molar-refractivity contribution < 1.29 is 5.11 Å². The molecule has 0 radical (unpaired) electrons. The van der Waals surface area contributed by atoms with E-state index < -0.39 is 0 Å². The summed E-state index contributed by atoms with van der Waals surface area (Å²) in [7, 11) is 2.15. The zero-order chi connectivity index (χ0) is 13.1. The van der Waals surface area contributed by atoms with Crippen LogP contribution in [-0.4, -0.2) is 49.3 Å². The fourth-order valence-electron chi connectivity index (χ4n) is 2.65. The summed E-state index contributed by atoms with van der Waals surface area (Å²) in [5.74, 6) is 0. The van der Waals surface area contributed by atoms with E-state index >= 15 is 0 Å². The van der Waals surface area contributed by atoms with Crippen molar-refractivity contribution in [2.75, 3.05) is 38.2 Å². The molecule has 1 N–H and O–H groups in total. The Morgan fingerprint density at radius 1 is 1.22 bits per heavy atom. The largest absolute Gasteiger partial charge is 0.396 e. The Bertz CT molecular complexity index is 405. The van der Waals surface area contributed by atoms with Crippen LogP contribution < -0.4 is 4.90 Å². The second kappa shape index (κ2) is 5.72. The first-order valence-corrected chi connectivity index (χ1v) is 6.75. The summed E-state index contributed by atoms with van der Waals surface area (Å²) < 4.78 is 0. The lowest BCUT2D eigenvalue weighted by Crippen LogP contribution is -2.52. The first kappa shape index (κ1) is 13.4. The lowest BCUT2D eigenvalue weighted by Gasteiger charge is -2.41.